The van der Waals surface area contributed by atoms with Gasteiger partial charge in [-0.05, 0) is 32.2 Å². The molecule has 0 saturated heterocycles. The van der Waals surface area contributed by atoms with Gasteiger partial charge in [0.15, 0.2) is 5.13 Å². The van der Waals surface area contributed by atoms with Crippen LogP contribution in [0.3, 0.4) is 0 Å². The molecule has 0 aliphatic heterocycles. The lowest BCUT2D eigenvalue weighted by molar-refractivity contribution is -0.116. The number of anilines is 1. The van der Waals surface area contributed by atoms with Gasteiger partial charge in [0.25, 0.3) is 0 Å². The van der Waals surface area contributed by atoms with Crippen molar-refractivity contribution in [3.8, 4) is 0 Å². The first-order valence-corrected chi connectivity index (χ1v) is 7.89. The van der Waals surface area contributed by atoms with Crippen LogP contribution in [0.25, 0.3) is 0 Å². The summed E-state index contributed by atoms with van der Waals surface area (Å²) in [4.78, 5) is 16.2. The van der Waals surface area contributed by atoms with E-state index in [0.717, 1.165) is 25.1 Å². The fourth-order valence-electron chi connectivity index (χ4n) is 1.61. The SMILES string of the molecule is CCCNC(C)c1csc(NC(=O)CCC(C)C)n1. The standard InChI is InChI=1S/C14H25N3OS/c1-5-8-15-11(4)12-9-19-14(16-12)17-13(18)7-6-10(2)3/h9-11,15H,5-8H2,1-4H3,(H,16,17,18). The molecular weight excluding hydrogens is 258 g/mol. The predicted molar refractivity (Wildman–Crippen MR) is 81.5 cm³/mol. The Bertz CT molecular complexity index is 390. The van der Waals surface area contributed by atoms with Crippen LogP contribution >= 0.6 is 11.3 Å². The summed E-state index contributed by atoms with van der Waals surface area (Å²) in [5, 5.41) is 8.96. The van der Waals surface area contributed by atoms with Crippen LogP contribution in [0.2, 0.25) is 0 Å². The van der Waals surface area contributed by atoms with E-state index >= 15 is 0 Å². The molecule has 5 heteroatoms. The second kappa shape index (κ2) is 8.27. The Morgan fingerprint density at radius 2 is 2.16 bits per heavy atom. The van der Waals surface area contributed by atoms with Gasteiger partial charge < -0.3 is 10.6 Å². The monoisotopic (exact) mass is 283 g/mol. The number of amides is 1. The van der Waals surface area contributed by atoms with Crippen molar-refractivity contribution in [3.05, 3.63) is 11.1 Å². The molecule has 1 atom stereocenters. The fraction of sp³-hybridized carbons (Fsp3) is 0.714. The first-order valence-electron chi connectivity index (χ1n) is 7.01. The molecule has 1 aromatic heterocycles. The van der Waals surface area contributed by atoms with Gasteiger partial charge in [-0.3, -0.25) is 4.79 Å². The fourth-order valence-corrected chi connectivity index (χ4v) is 2.43. The van der Waals surface area contributed by atoms with Crippen LogP contribution in [0, 0.1) is 5.92 Å². The zero-order chi connectivity index (χ0) is 14.3. The normalized spacial score (nSPS) is 12.7. The Kier molecular flexibility index (Phi) is 7.02. The second-order valence-corrected chi connectivity index (χ2v) is 6.09. The molecule has 4 nitrogen and oxygen atoms in total. The minimum atomic E-state index is 0.0590. The van der Waals surface area contributed by atoms with Crippen LogP contribution in [-0.2, 0) is 4.79 Å². The number of hydrogen-bond donors (Lipinski definition) is 2. The highest BCUT2D eigenvalue weighted by atomic mass is 32.1. The molecule has 1 unspecified atom stereocenters. The minimum absolute atomic E-state index is 0.0590. The van der Waals surface area contributed by atoms with E-state index in [-0.39, 0.29) is 11.9 Å². The molecule has 0 aliphatic rings. The highest BCUT2D eigenvalue weighted by molar-refractivity contribution is 7.13. The molecule has 2 N–H and O–H groups in total. The Morgan fingerprint density at radius 1 is 1.42 bits per heavy atom. The Morgan fingerprint density at radius 3 is 2.79 bits per heavy atom. The van der Waals surface area contributed by atoms with E-state index in [9.17, 15) is 4.79 Å². The lowest BCUT2D eigenvalue weighted by Crippen LogP contribution is -2.19. The zero-order valence-electron chi connectivity index (χ0n) is 12.3. The maximum Gasteiger partial charge on any atom is 0.226 e. The van der Waals surface area contributed by atoms with Crippen LogP contribution in [0.4, 0.5) is 5.13 Å². The van der Waals surface area contributed by atoms with Crippen molar-refractivity contribution in [2.45, 2.75) is 53.0 Å². The van der Waals surface area contributed by atoms with Crippen molar-refractivity contribution in [1.82, 2.24) is 10.3 Å². The van der Waals surface area contributed by atoms with Crippen molar-refractivity contribution in [2.75, 3.05) is 11.9 Å². The van der Waals surface area contributed by atoms with Gasteiger partial charge in [-0.15, -0.1) is 11.3 Å². The number of thiazole rings is 1. The first kappa shape index (κ1) is 16.1. The van der Waals surface area contributed by atoms with Crippen LogP contribution < -0.4 is 10.6 Å². The lowest BCUT2D eigenvalue weighted by atomic mass is 10.1. The second-order valence-electron chi connectivity index (χ2n) is 5.23. The summed E-state index contributed by atoms with van der Waals surface area (Å²) < 4.78 is 0. The van der Waals surface area contributed by atoms with Gasteiger partial charge >= 0.3 is 0 Å². The largest absolute Gasteiger partial charge is 0.309 e. The third-order valence-corrected chi connectivity index (χ3v) is 3.64. The molecule has 0 aromatic carbocycles. The van der Waals surface area contributed by atoms with Crippen LogP contribution in [0.5, 0.6) is 0 Å². The third kappa shape index (κ3) is 6.16. The van der Waals surface area contributed by atoms with Crippen LogP contribution in [-0.4, -0.2) is 17.4 Å². The number of nitrogens with zero attached hydrogens (tertiary/aromatic N) is 1. The molecule has 0 radical (unpaired) electrons. The van der Waals surface area contributed by atoms with Gasteiger partial charge in [-0.25, -0.2) is 4.98 Å². The van der Waals surface area contributed by atoms with E-state index in [4.69, 9.17) is 0 Å². The van der Waals surface area contributed by atoms with Gasteiger partial charge in [0.2, 0.25) is 5.91 Å². The van der Waals surface area contributed by atoms with Crippen LogP contribution in [0.15, 0.2) is 5.38 Å². The average Bonchev–Trinajstić information content (AvgIpc) is 2.82. The van der Waals surface area contributed by atoms with E-state index in [1.54, 1.807) is 0 Å². The van der Waals surface area contributed by atoms with Crippen molar-refractivity contribution >= 4 is 22.4 Å². The van der Waals surface area contributed by atoms with Gasteiger partial charge in [0.1, 0.15) is 0 Å². The maximum atomic E-state index is 11.7. The van der Waals surface area contributed by atoms with E-state index in [1.165, 1.54) is 11.3 Å². The topological polar surface area (TPSA) is 54.0 Å². The number of nitrogens with one attached hydrogen (secondary N) is 2. The van der Waals surface area contributed by atoms with Gasteiger partial charge in [-0.2, -0.15) is 0 Å². The summed E-state index contributed by atoms with van der Waals surface area (Å²) in [7, 11) is 0. The molecule has 108 valence electrons. The molecule has 1 rings (SSSR count). The average molecular weight is 283 g/mol. The lowest BCUT2D eigenvalue weighted by Gasteiger charge is -2.09. The zero-order valence-corrected chi connectivity index (χ0v) is 13.1. The Balaban J connectivity index is 2.43. The summed E-state index contributed by atoms with van der Waals surface area (Å²) in [5.41, 5.74) is 0.998. The van der Waals surface area contributed by atoms with Gasteiger partial charge in [0, 0.05) is 17.8 Å². The Labute approximate surface area is 120 Å². The van der Waals surface area contributed by atoms with Crippen molar-refractivity contribution in [2.24, 2.45) is 5.92 Å². The molecular formula is C14H25N3OS. The van der Waals surface area contributed by atoms with Crippen molar-refractivity contribution in [1.29, 1.82) is 0 Å². The molecule has 19 heavy (non-hydrogen) atoms. The predicted octanol–water partition coefficient (Wildman–Crippen LogP) is 3.58. The smallest absolute Gasteiger partial charge is 0.226 e. The molecule has 0 saturated carbocycles. The summed E-state index contributed by atoms with van der Waals surface area (Å²) in [6.07, 6.45) is 2.59. The number of carbonyl (C=O) groups is 1. The first-order chi connectivity index (χ1) is 9.02. The highest BCUT2D eigenvalue weighted by Gasteiger charge is 2.11. The molecule has 1 heterocycles. The summed E-state index contributed by atoms with van der Waals surface area (Å²) >= 11 is 1.49. The van der Waals surface area contributed by atoms with Gasteiger partial charge in [-0.1, -0.05) is 20.8 Å². The molecule has 1 amide bonds. The summed E-state index contributed by atoms with van der Waals surface area (Å²) in [6.45, 7) is 9.46. The van der Waals surface area contributed by atoms with Crippen LogP contribution in [0.1, 0.15) is 58.7 Å². The quantitative estimate of drug-likeness (QED) is 0.766. The molecule has 0 fully saturated rings. The Hall–Kier alpha value is -0.940. The van der Waals surface area contributed by atoms with Gasteiger partial charge in [0.05, 0.1) is 5.69 Å². The number of rotatable bonds is 8. The summed E-state index contributed by atoms with van der Waals surface area (Å²) in [5.74, 6) is 0.611. The third-order valence-electron chi connectivity index (χ3n) is 2.86. The molecule has 0 spiro atoms. The maximum absolute atomic E-state index is 11.7. The van der Waals surface area contributed by atoms with Crippen molar-refractivity contribution in [3.63, 3.8) is 0 Å². The number of aromatic nitrogens is 1. The molecule has 0 bridgehead atoms. The number of hydrogen-bond acceptors (Lipinski definition) is 4. The molecule has 0 aliphatic carbocycles. The van der Waals surface area contributed by atoms with Crippen molar-refractivity contribution < 1.29 is 4.79 Å². The van der Waals surface area contributed by atoms with E-state index in [2.05, 4.69) is 43.3 Å². The minimum Gasteiger partial charge on any atom is -0.309 e. The van der Waals surface area contributed by atoms with E-state index in [1.807, 2.05) is 5.38 Å². The van der Waals surface area contributed by atoms with E-state index < -0.39 is 0 Å². The molecule has 1 aromatic rings. The van der Waals surface area contributed by atoms with E-state index in [0.29, 0.717) is 17.5 Å². The number of carbonyl (C=O) groups excluding carboxylic acids is 1. The highest BCUT2D eigenvalue weighted by Crippen LogP contribution is 2.20. The summed E-state index contributed by atoms with van der Waals surface area (Å²) in [6, 6.07) is 0.234.